The van der Waals surface area contributed by atoms with Crippen LogP contribution in [0.3, 0.4) is 0 Å². The SMILES string of the molecule is Cc1ccc(C(=O)NCC(O)C(N)=O)n1C. The van der Waals surface area contributed by atoms with Crippen LogP contribution in [0.25, 0.3) is 0 Å². The minimum atomic E-state index is -1.36. The molecule has 0 radical (unpaired) electrons. The molecule has 0 aliphatic rings. The van der Waals surface area contributed by atoms with E-state index in [1.165, 1.54) is 0 Å². The zero-order chi connectivity index (χ0) is 12.3. The molecule has 0 fully saturated rings. The second-order valence-electron chi connectivity index (χ2n) is 3.55. The van der Waals surface area contributed by atoms with Gasteiger partial charge in [0.05, 0.1) is 6.54 Å². The molecule has 0 bridgehead atoms. The van der Waals surface area contributed by atoms with Crippen molar-refractivity contribution in [3.63, 3.8) is 0 Å². The second kappa shape index (κ2) is 4.80. The van der Waals surface area contributed by atoms with Crippen molar-refractivity contribution in [3.8, 4) is 0 Å². The summed E-state index contributed by atoms with van der Waals surface area (Å²) in [5.41, 5.74) is 6.26. The summed E-state index contributed by atoms with van der Waals surface area (Å²) in [6, 6.07) is 3.47. The summed E-state index contributed by atoms with van der Waals surface area (Å²) in [5, 5.41) is 11.5. The molecule has 0 aliphatic carbocycles. The maximum absolute atomic E-state index is 11.6. The van der Waals surface area contributed by atoms with Crippen molar-refractivity contribution in [2.24, 2.45) is 12.8 Å². The standard InChI is InChI=1S/C10H15N3O3/c1-6-3-4-7(13(6)2)10(16)12-5-8(14)9(11)15/h3-4,8,14H,5H2,1-2H3,(H2,11,15)(H,12,16). The zero-order valence-electron chi connectivity index (χ0n) is 9.23. The number of aliphatic hydroxyl groups excluding tert-OH is 1. The highest BCUT2D eigenvalue weighted by atomic mass is 16.3. The quantitative estimate of drug-likeness (QED) is 0.607. The first kappa shape index (κ1) is 12.3. The van der Waals surface area contributed by atoms with Gasteiger partial charge in [0, 0.05) is 12.7 Å². The Morgan fingerprint density at radius 1 is 1.56 bits per heavy atom. The normalized spacial score (nSPS) is 12.2. The topological polar surface area (TPSA) is 97.3 Å². The van der Waals surface area contributed by atoms with Crippen molar-refractivity contribution in [3.05, 3.63) is 23.5 Å². The number of rotatable bonds is 4. The van der Waals surface area contributed by atoms with E-state index in [4.69, 9.17) is 10.8 Å². The van der Waals surface area contributed by atoms with Crippen LogP contribution in [0.15, 0.2) is 12.1 Å². The Bertz CT molecular complexity index is 411. The van der Waals surface area contributed by atoms with Gasteiger partial charge >= 0.3 is 0 Å². The number of aliphatic hydroxyl groups is 1. The highest BCUT2D eigenvalue weighted by Crippen LogP contribution is 2.05. The molecule has 1 aromatic rings. The van der Waals surface area contributed by atoms with E-state index in [2.05, 4.69) is 5.32 Å². The molecule has 0 saturated heterocycles. The summed E-state index contributed by atoms with van der Waals surface area (Å²) in [7, 11) is 1.76. The van der Waals surface area contributed by atoms with E-state index in [0.29, 0.717) is 5.69 Å². The van der Waals surface area contributed by atoms with Crippen molar-refractivity contribution in [1.82, 2.24) is 9.88 Å². The summed E-state index contributed by atoms with van der Waals surface area (Å²) in [6.45, 7) is 1.69. The van der Waals surface area contributed by atoms with Crippen molar-refractivity contribution in [2.45, 2.75) is 13.0 Å². The Morgan fingerprint density at radius 2 is 2.19 bits per heavy atom. The molecule has 6 heteroatoms. The third-order valence-electron chi connectivity index (χ3n) is 2.39. The van der Waals surface area contributed by atoms with Gasteiger partial charge in [0.1, 0.15) is 11.8 Å². The molecular weight excluding hydrogens is 210 g/mol. The molecule has 0 aliphatic heterocycles. The average molecular weight is 225 g/mol. The molecule has 88 valence electrons. The van der Waals surface area contributed by atoms with Gasteiger partial charge in [0.15, 0.2) is 0 Å². The molecule has 1 rings (SSSR count). The van der Waals surface area contributed by atoms with Gasteiger partial charge in [0.25, 0.3) is 5.91 Å². The van der Waals surface area contributed by atoms with Gasteiger partial charge in [-0.2, -0.15) is 0 Å². The van der Waals surface area contributed by atoms with Crippen molar-refractivity contribution >= 4 is 11.8 Å². The number of nitrogens with zero attached hydrogens (tertiary/aromatic N) is 1. The van der Waals surface area contributed by atoms with Crippen LogP contribution in [0.2, 0.25) is 0 Å². The third kappa shape index (κ3) is 2.60. The predicted molar refractivity (Wildman–Crippen MR) is 57.7 cm³/mol. The molecule has 6 nitrogen and oxygen atoms in total. The zero-order valence-corrected chi connectivity index (χ0v) is 9.23. The number of primary amides is 1. The van der Waals surface area contributed by atoms with E-state index >= 15 is 0 Å². The Morgan fingerprint density at radius 3 is 2.62 bits per heavy atom. The Balaban J connectivity index is 2.60. The molecule has 2 amide bonds. The Hall–Kier alpha value is -1.82. The lowest BCUT2D eigenvalue weighted by Gasteiger charge is -2.09. The number of carbonyl (C=O) groups is 2. The van der Waals surface area contributed by atoms with E-state index in [0.717, 1.165) is 5.69 Å². The van der Waals surface area contributed by atoms with E-state index in [1.807, 2.05) is 6.92 Å². The van der Waals surface area contributed by atoms with Crippen LogP contribution in [0.1, 0.15) is 16.2 Å². The monoisotopic (exact) mass is 225 g/mol. The molecule has 1 unspecified atom stereocenters. The van der Waals surface area contributed by atoms with Crippen LogP contribution in [-0.2, 0) is 11.8 Å². The van der Waals surface area contributed by atoms with Gasteiger partial charge in [-0.1, -0.05) is 0 Å². The highest BCUT2D eigenvalue weighted by Gasteiger charge is 2.15. The molecule has 0 saturated carbocycles. The molecule has 16 heavy (non-hydrogen) atoms. The van der Waals surface area contributed by atoms with Crippen LogP contribution >= 0.6 is 0 Å². The number of nitrogens with one attached hydrogen (secondary N) is 1. The lowest BCUT2D eigenvalue weighted by molar-refractivity contribution is -0.125. The largest absolute Gasteiger partial charge is 0.381 e. The molecule has 1 heterocycles. The number of hydrogen-bond acceptors (Lipinski definition) is 3. The van der Waals surface area contributed by atoms with Crippen LogP contribution in [-0.4, -0.2) is 34.1 Å². The summed E-state index contributed by atoms with van der Waals surface area (Å²) in [6.07, 6.45) is -1.36. The molecular formula is C10H15N3O3. The third-order valence-corrected chi connectivity index (χ3v) is 2.39. The molecule has 4 N–H and O–H groups in total. The molecule has 1 atom stereocenters. The first-order valence-corrected chi connectivity index (χ1v) is 4.81. The number of nitrogens with two attached hydrogens (primary N) is 1. The van der Waals surface area contributed by atoms with E-state index in [1.54, 1.807) is 23.7 Å². The van der Waals surface area contributed by atoms with E-state index < -0.39 is 12.0 Å². The maximum atomic E-state index is 11.6. The van der Waals surface area contributed by atoms with Crippen LogP contribution in [0.5, 0.6) is 0 Å². The fourth-order valence-corrected chi connectivity index (χ4v) is 1.22. The Labute approximate surface area is 93.0 Å². The molecule has 1 aromatic heterocycles. The van der Waals surface area contributed by atoms with Crippen LogP contribution in [0.4, 0.5) is 0 Å². The number of hydrogen-bond donors (Lipinski definition) is 3. The van der Waals surface area contributed by atoms with Gasteiger partial charge in [-0.15, -0.1) is 0 Å². The average Bonchev–Trinajstić information content (AvgIpc) is 2.55. The van der Waals surface area contributed by atoms with Gasteiger partial charge in [-0.3, -0.25) is 9.59 Å². The minimum absolute atomic E-state index is 0.182. The van der Waals surface area contributed by atoms with E-state index in [-0.39, 0.29) is 12.5 Å². The highest BCUT2D eigenvalue weighted by molar-refractivity contribution is 5.93. The number of aromatic nitrogens is 1. The minimum Gasteiger partial charge on any atom is -0.381 e. The molecule has 0 spiro atoms. The lowest BCUT2D eigenvalue weighted by atomic mass is 10.3. The fourth-order valence-electron chi connectivity index (χ4n) is 1.22. The predicted octanol–water partition coefficient (Wildman–Crippen LogP) is -1.09. The van der Waals surface area contributed by atoms with Crippen LogP contribution < -0.4 is 11.1 Å². The first-order chi connectivity index (χ1) is 7.43. The van der Waals surface area contributed by atoms with Crippen molar-refractivity contribution < 1.29 is 14.7 Å². The van der Waals surface area contributed by atoms with Gasteiger partial charge in [-0.25, -0.2) is 0 Å². The van der Waals surface area contributed by atoms with Gasteiger partial charge in [0.2, 0.25) is 5.91 Å². The number of aryl methyl sites for hydroxylation is 1. The van der Waals surface area contributed by atoms with Crippen molar-refractivity contribution in [2.75, 3.05) is 6.54 Å². The second-order valence-corrected chi connectivity index (χ2v) is 3.55. The fraction of sp³-hybridized carbons (Fsp3) is 0.400. The summed E-state index contributed by atoms with van der Waals surface area (Å²) in [4.78, 5) is 22.1. The Kier molecular flexibility index (Phi) is 3.68. The maximum Gasteiger partial charge on any atom is 0.268 e. The summed E-state index contributed by atoms with van der Waals surface area (Å²) >= 11 is 0. The van der Waals surface area contributed by atoms with Crippen molar-refractivity contribution in [1.29, 1.82) is 0 Å². The van der Waals surface area contributed by atoms with Crippen LogP contribution in [0, 0.1) is 6.92 Å². The lowest BCUT2D eigenvalue weighted by Crippen LogP contribution is -2.40. The first-order valence-electron chi connectivity index (χ1n) is 4.81. The van der Waals surface area contributed by atoms with Gasteiger partial charge in [-0.05, 0) is 19.1 Å². The summed E-state index contributed by atoms with van der Waals surface area (Å²) in [5.74, 6) is -1.21. The van der Waals surface area contributed by atoms with Gasteiger partial charge < -0.3 is 20.7 Å². The molecule has 0 aromatic carbocycles. The number of amides is 2. The smallest absolute Gasteiger partial charge is 0.268 e. The number of carbonyl (C=O) groups excluding carboxylic acids is 2. The van der Waals surface area contributed by atoms with E-state index in [9.17, 15) is 9.59 Å². The summed E-state index contributed by atoms with van der Waals surface area (Å²) < 4.78 is 1.71.